The molecule has 5 nitrogen and oxygen atoms in total. The molecule has 112 valence electrons. The van der Waals surface area contributed by atoms with Crippen molar-refractivity contribution < 1.29 is 14.4 Å². The van der Waals surface area contributed by atoms with Gasteiger partial charge in [0.25, 0.3) is 5.69 Å². The number of benzene rings is 1. The second kappa shape index (κ2) is 5.89. The predicted octanol–water partition coefficient (Wildman–Crippen LogP) is 4.22. The van der Waals surface area contributed by atoms with E-state index in [0.29, 0.717) is 0 Å². The Morgan fingerprint density at radius 2 is 1.60 bits per heavy atom. The van der Waals surface area contributed by atoms with Crippen LogP contribution in [0.15, 0.2) is 24.3 Å². The number of ether oxygens (including phenoxy) is 2. The van der Waals surface area contributed by atoms with E-state index in [0.717, 1.165) is 5.56 Å². The summed E-state index contributed by atoms with van der Waals surface area (Å²) in [4.78, 5) is 10.2. The van der Waals surface area contributed by atoms with Crippen LogP contribution in [0.25, 0.3) is 0 Å². The molecule has 1 saturated heterocycles. The van der Waals surface area contributed by atoms with Crippen LogP contribution in [-0.4, -0.2) is 16.3 Å². The van der Waals surface area contributed by atoms with Crippen LogP contribution in [0.2, 0.25) is 0 Å². The molecule has 1 aromatic carbocycles. The lowest BCUT2D eigenvalue weighted by molar-refractivity contribution is -0.384. The molecule has 1 aromatic rings. The highest BCUT2D eigenvalue weighted by molar-refractivity contribution is 5.34. The molecule has 1 aliphatic heterocycles. The van der Waals surface area contributed by atoms with E-state index in [2.05, 4.69) is 0 Å². The fourth-order valence-electron chi connectivity index (χ4n) is 2.38. The summed E-state index contributed by atoms with van der Waals surface area (Å²) in [5.74, 6) is -0.643. The molecule has 5 heteroatoms. The topological polar surface area (TPSA) is 61.6 Å². The van der Waals surface area contributed by atoms with E-state index in [1.54, 1.807) is 12.1 Å². The average Bonchev–Trinajstić information content (AvgIpc) is 2.60. The second-order valence-electron chi connectivity index (χ2n) is 5.45. The number of non-ortho nitro benzene ring substituents is 1. The van der Waals surface area contributed by atoms with Crippen LogP contribution in [-0.2, 0) is 9.47 Å². The van der Waals surface area contributed by atoms with Gasteiger partial charge in [0.05, 0.1) is 10.5 Å². The van der Waals surface area contributed by atoms with Crippen LogP contribution in [0.3, 0.4) is 0 Å². The molecular weight excluding hydrogens is 258 g/mol. The Kier molecular flexibility index (Phi) is 4.89. The van der Waals surface area contributed by atoms with Gasteiger partial charge in [-0.2, -0.15) is 0 Å². The maximum absolute atomic E-state index is 10.6. The van der Waals surface area contributed by atoms with Crippen molar-refractivity contribution in [3.8, 4) is 0 Å². The third kappa shape index (κ3) is 3.55. The lowest BCUT2D eigenvalue weighted by atomic mass is 9.95. The molecule has 0 spiro atoms. The van der Waals surface area contributed by atoms with Gasteiger partial charge in [0.2, 0.25) is 0 Å². The molecule has 1 atom stereocenters. The Morgan fingerprint density at radius 1 is 1.10 bits per heavy atom. The summed E-state index contributed by atoms with van der Waals surface area (Å²) in [6.45, 7) is 11.6. The first kappa shape index (κ1) is 16.6. The summed E-state index contributed by atoms with van der Waals surface area (Å²) in [7, 11) is 0. The maximum atomic E-state index is 10.6. The molecule has 1 heterocycles. The molecular formula is C15H23NO4. The van der Waals surface area contributed by atoms with Gasteiger partial charge in [0, 0.05) is 12.1 Å². The third-order valence-corrected chi connectivity index (χ3v) is 2.95. The minimum Gasteiger partial charge on any atom is -0.342 e. The number of nitrogens with zero attached hydrogens (tertiary/aromatic N) is 1. The highest BCUT2D eigenvalue weighted by Gasteiger charge is 2.47. The van der Waals surface area contributed by atoms with Crippen molar-refractivity contribution in [3.05, 3.63) is 39.9 Å². The van der Waals surface area contributed by atoms with Crippen molar-refractivity contribution in [2.24, 2.45) is 0 Å². The SMILES string of the molecule is CC.CC1(C)OC(c2ccc([N+](=O)[O-])cc2)C(C)(C)O1. The molecule has 0 radical (unpaired) electrons. The van der Waals surface area contributed by atoms with Crippen LogP contribution in [0, 0.1) is 10.1 Å². The van der Waals surface area contributed by atoms with Gasteiger partial charge >= 0.3 is 0 Å². The fraction of sp³-hybridized carbons (Fsp3) is 0.600. The standard InChI is InChI=1S/C13H17NO4.C2H6/c1-12(2)11(17-13(3,4)18-12)9-5-7-10(8-6-9)14(15)16;1-2/h5-8,11H,1-4H3;1-2H3. The van der Waals surface area contributed by atoms with E-state index in [1.165, 1.54) is 12.1 Å². The van der Waals surface area contributed by atoms with Gasteiger partial charge in [0.15, 0.2) is 5.79 Å². The van der Waals surface area contributed by atoms with Crippen LogP contribution in [0.4, 0.5) is 5.69 Å². The Bertz CT molecular complexity index is 465. The first-order valence-corrected chi connectivity index (χ1v) is 6.84. The zero-order valence-electron chi connectivity index (χ0n) is 13.0. The Morgan fingerprint density at radius 3 is 1.95 bits per heavy atom. The van der Waals surface area contributed by atoms with Crippen LogP contribution < -0.4 is 0 Å². The number of nitro groups is 1. The lowest BCUT2D eigenvalue weighted by Crippen LogP contribution is -2.28. The van der Waals surface area contributed by atoms with Crippen molar-refractivity contribution in [3.63, 3.8) is 0 Å². The molecule has 20 heavy (non-hydrogen) atoms. The largest absolute Gasteiger partial charge is 0.342 e. The second-order valence-corrected chi connectivity index (χ2v) is 5.45. The normalized spacial score (nSPS) is 22.8. The third-order valence-electron chi connectivity index (χ3n) is 2.95. The maximum Gasteiger partial charge on any atom is 0.269 e. The monoisotopic (exact) mass is 281 g/mol. The van der Waals surface area contributed by atoms with E-state index < -0.39 is 16.3 Å². The summed E-state index contributed by atoms with van der Waals surface area (Å²) < 4.78 is 11.7. The van der Waals surface area contributed by atoms with Crippen LogP contribution >= 0.6 is 0 Å². The van der Waals surface area contributed by atoms with Gasteiger partial charge in [-0.1, -0.05) is 13.8 Å². The molecule has 1 fully saturated rings. The molecule has 0 saturated carbocycles. The van der Waals surface area contributed by atoms with E-state index in [-0.39, 0.29) is 11.8 Å². The van der Waals surface area contributed by atoms with Gasteiger partial charge in [-0.05, 0) is 45.4 Å². The molecule has 1 aliphatic rings. The zero-order chi connectivity index (χ0) is 15.6. The van der Waals surface area contributed by atoms with E-state index >= 15 is 0 Å². The lowest BCUT2D eigenvalue weighted by Gasteiger charge is -2.24. The minimum absolute atomic E-state index is 0.0785. The highest BCUT2D eigenvalue weighted by Crippen LogP contribution is 2.45. The predicted molar refractivity (Wildman–Crippen MR) is 77.5 cm³/mol. The number of hydrogen-bond acceptors (Lipinski definition) is 4. The van der Waals surface area contributed by atoms with E-state index in [9.17, 15) is 10.1 Å². The van der Waals surface area contributed by atoms with Gasteiger partial charge in [-0.3, -0.25) is 10.1 Å². The minimum atomic E-state index is -0.643. The summed E-state index contributed by atoms with van der Waals surface area (Å²) >= 11 is 0. The number of hydrogen-bond donors (Lipinski definition) is 0. The van der Waals surface area contributed by atoms with E-state index in [1.807, 2.05) is 41.5 Å². The van der Waals surface area contributed by atoms with Gasteiger partial charge < -0.3 is 9.47 Å². The molecule has 0 aliphatic carbocycles. The van der Waals surface area contributed by atoms with Crippen molar-refractivity contribution >= 4 is 5.69 Å². The number of nitro benzene ring substituents is 1. The Labute approximate surface area is 120 Å². The number of rotatable bonds is 2. The molecule has 0 aromatic heterocycles. The first-order chi connectivity index (χ1) is 9.21. The van der Waals surface area contributed by atoms with Crippen molar-refractivity contribution in [1.29, 1.82) is 0 Å². The molecule has 2 rings (SSSR count). The van der Waals surface area contributed by atoms with E-state index in [4.69, 9.17) is 9.47 Å². The van der Waals surface area contributed by atoms with Gasteiger partial charge in [-0.15, -0.1) is 0 Å². The van der Waals surface area contributed by atoms with Crippen molar-refractivity contribution in [2.45, 2.75) is 59.0 Å². The summed E-state index contributed by atoms with van der Waals surface area (Å²) in [6.07, 6.45) is -0.228. The average molecular weight is 281 g/mol. The zero-order valence-corrected chi connectivity index (χ0v) is 13.0. The van der Waals surface area contributed by atoms with Gasteiger partial charge in [0.1, 0.15) is 6.10 Å². The molecule has 0 bridgehead atoms. The summed E-state index contributed by atoms with van der Waals surface area (Å²) in [5.41, 5.74) is 0.505. The van der Waals surface area contributed by atoms with Crippen molar-refractivity contribution in [2.75, 3.05) is 0 Å². The highest BCUT2D eigenvalue weighted by atomic mass is 16.8. The molecule has 0 amide bonds. The quantitative estimate of drug-likeness (QED) is 0.601. The molecule has 1 unspecified atom stereocenters. The van der Waals surface area contributed by atoms with Crippen LogP contribution in [0.5, 0.6) is 0 Å². The Balaban J connectivity index is 0.000000956. The smallest absolute Gasteiger partial charge is 0.269 e. The fourth-order valence-corrected chi connectivity index (χ4v) is 2.38. The first-order valence-electron chi connectivity index (χ1n) is 6.84. The Hall–Kier alpha value is -1.46. The summed E-state index contributed by atoms with van der Waals surface area (Å²) in [6, 6.07) is 6.41. The van der Waals surface area contributed by atoms with Crippen molar-refractivity contribution in [1.82, 2.24) is 0 Å². The van der Waals surface area contributed by atoms with Crippen LogP contribution in [0.1, 0.15) is 53.2 Å². The molecule has 0 N–H and O–H groups in total. The van der Waals surface area contributed by atoms with Gasteiger partial charge in [-0.25, -0.2) is 0 Å². The summed E-state index contributed by atoms with van der Waals surface area (Å²) in [5, 5.41) is 10.6.